The van der Waals surface area contributed by atoms with Crippen molar-refractivity contribution in [3.05, 3.63) is 83.9 Å². The number of ether oxygens (including phenoxy) is 1. The number of H-pyrrole nitrogens is 1. The number of benzene rings is 3. The van der Waals surface area contributed by atoms with E-state index in [4.69, 9.17) is 19.1 Å². The molecule has 5 heteroatoms. The number of aryl methyl sites for hydroxylation is 1. The summed E-state index contributed by atoms with van der Waals surface area (Å²) < 4.78 is 11.7. The van der Waals surface area contributed by atoms with Crippen LogP contribution >= 0.6 is 0 Å². The van der Waals surface area contributed by atoms with Crippen LogP contribution in [0.5, 0.6) is 5.75 Å². The first-order valence-electron chi connectivity index (χ1n) is 9.39. The first-order chi connectivity index (χ1) is 14.2. The SMILES string of the molecule is COc1cccc2cc(-c3nc4ccccc4[nH]3)c(=Nc3cccc(C)c3)oc12. The van der Waals surface area contributed by atoms with Crippen LogP contribution in [0.15, 0.2) is 82.2 Å². The van der Waals surface area contributed by atoms with Crippen LogP contribution in [0.1, 0.15) is 5.56 Å². The molecular weight excluding hydrogens is 362 g/mol. The Balaban J connectivity index is 1.83. The molecule has 29 heavy (non-hydrogen) atoms. The Hall–Kier alpha value is -3.86. The molecule has 0 aliphatic rings. The zero-order valence-electron chi connectivity index (χ0n) is 16.1. The van der Waals surface area contributed by atoms with Crippen LogP contribution in [0, 0.1) is 6.92 Å². The molecule has 3 aromatic carbocycles. The fourth-order valence-electron chi connectivity index (χ4n) is 3.43. The summed E-state index contributed by atoms with van der Waals surface area (Å²) in [7, 11) is 1.63. The van der Waals surface area contributed by atoms with E-state index in [1.165, 1.54) is 0 Å². The maximum atomic E-state index is 6.26. The van der Waals surface area contributed by atoms with Crippen molar-refractivity contribution in [3.63, 3.8) is 0 Å². The lowest BCUT2D eigenvalue weighted by Crippen LogP contribution is -2.07. The molecule has 0 aliphatic heterocycles. The summed E-state index contributed by atoms with van der Waals surface area (Å²) in [5, 5.41) is 0.919. The van der Waals surface area contributed by atoms with Crippen molar-refractivity contribution in [2.24, 2.45) is 4.99 Å². The van der Waals surface area contributed by atoms with Crippen LogP contribution in [-0.4, -0.2) is 17.1 Å². The average Bonchev–Trinajstić information content (AvgIpc) is 3.17. The van der Waals surface area contributed by atoms with Crippen LogP contribution in [0.25, 0.3) is 33.4 Å². The van der Waals surface area contributed by atoms with Crippen molar-refractivity contribution < 1.29 is 9.15 Å². The summed E-state index contributed by atoms with van der Waals surface area (Å²) in [6, 6.07) is 23.8. The Morgan fingerprint density at radius 1 is 0.966 bits per heavy atom. The molecule has 0 bridgehead atoms. The molecule has 142 valence electrons. The number of nitrogens with zero attached hydrogens (tertiary/aromatic N) is 2. The van der Waals surface area contributed by atoms with E-state index in [1.807, 2.05) is 79.7 Å². The van der Waals surface area contributed by atoms with E-state index in [9.17, 15) is 0 Å². The van der Waals surface area contributed by atoms with Gasteiger partial charge in [-0.05, 0) is 48.9 Å². The van der Waals surface area contributed by atoms with Gasteiger partial charge in [-0.3, -0.25) is 0 Å². The maximum Gasteiger partial charge on any atom is 0.231 e. The minimum Gasteiger partial charge on any atom is -0.493 e. The van der Waals surface area contributed by atoms with E-state index >= 15 is 0 Å². The lowest BCUT2D eigenvalue weighted by molar-refractivity contribution is 0.406. The van der Waals surface area contributed by atoms with Gasteiger partial charge < -0.3 is 14.1 Å². The molecule has 0 unspecified atom stereocenters. The van der Waals surface area contributed by atoms with E-state index in [0.29, 0.717) is 22.7 Å². The lowest BCUT2D eigenvalue weighted by Gasteiger charge is -2.07. The highest BCUT2D eigenvalue weighted by atomic mass is 16.5. The Labute approximate surface area is 167 Å². The maximum absolute atomic E-state index is 6.26. The second-order valence-corrected chi connectivity index (χ2v) is 6.90. The van der Waals surface area contributed by atoms with Crippen LogP contribution in [0.3, 0.4) is 0 Å². The molecule has 0 amide bonds. The molecular formula is C24H19N3O2. The number of hydrogen-bond acceptors (Lipinski definition) is 4. The first-order valence-corrected chi connectivity index (χ1v) is 9.39. The molecule has 0 atom stereocenters. The van der Waals surface area contributed by atoms with Gasteiger partial charge in [-0.15, -0.1) is 0 Å². The van der Waals surface area contributed by atoms with E-state index in [2.05, 4.69) is 4.98 Å². The molecule has 2 heterocycles. The summed E-state index contributed by atoms with van der Waals surface area (Å²) in [5.74, 6) is 1.38. The van der Waals surface area contributed by atoms with Crippen molar-refractivity contribution >= 4 is 27.7 Å². The van der Waals surface area contributed by atoms with Gasteiger partial charge in [-0.1, -0.05) is 36.4 Å². The Kier molecular flexibility index (Phi) is 4.13. The number of aromatic amines is 1. The molecule has 0 fully saturated rings. The topological polar surface area (TPSA) is 63.4 Å². The van der Waals surface area contributed by atoms with Crippen LogP contribution in [-0.2, 0) is 0 Å². The number of para-hydroxylation sites is 3. The highest BCUT2D eigenvalue weighted by molar-refractivity contribution is 5.86. The van der Waals surface area contributed by atoms with Crippen molar-refractivity contribution in [2.45, 2.75) is 6.92 Å². The number of imidazole rings is 1. The van der Waals surface area contributed by atoms with E-state index < -0.39 is 0 Å². The number of hydrogen-bond donors (Lipinski definition) is 1. The van der Waals surface area contributed by atoms with E-state index in [-0.39, 0.29) is 0 Å². The second-order valence-electron chi connectivity index (χ2n) is 6.90. The van der Waals surface area contributed by atoms with Gasteiger partial charge in [-0.25, -0.2) is 9.98 Å². The van der Waals surface area contributed by atoms with Crippen molar-refractivity contribution in [3.8, 4) is 17.1 Å². The number of nitrogens with one attached hydrogen (secondary N) is 1. The molecule has 5 rings (SSSR count). The minimum atomic E-state index is 0.478. The number of methoxy groups -OCH3 is 1. The molecule has 5 nitrogen and oxygen atoms in total. The summed E-state index contributed by atoms with van der Waals surface area (Å²) in [4.78, 5) is 12.9. The third-order valence-corrected chi connectivity index (χ3v) is 4.84. The minimum absolute atomic E-state index is 0.478. The van der Waals surface area contributed by atoms with Crippen LogP contribution in [0.4, 0.5) is 5.69 Å². The highest BCUT2D eigenvalue weighted by Gasteiger charge is 2.13. The number of fused-ring (bicyclic) bond motifs is 2. The molecule has 0 radical (unpaired) electrons. The average molecular weight is 381 g/mol. The Bertz CT molecular complexity index is 1380. The van der Waals surface area contributed by atoms with Crippen molar-refractivity contribution in [1.82, 2.24) is 9.97 Å². The Morgan fingerprint density at radius 3 is 2.66 bits per heavy atom. The summed E-state index contributed by atoms with van der Waals surface area (Å²) in [6.45, 7) is 2.04. The van der Waals surface area contributed by atoms with Gasteiger partial charge in [0.2, 0.25) is 5.55 Å². The van der Waals surface area contributed by atoms with Gasteiger partial charge in [0.15, 0.2) is 11.3 Å². The molecule has 2 aromatic heterocycles. The third kappa shape index (κ3) is 3.17. The van der Waals surface area contributed by atoms with Crippen molar-refractivity contribution in [1.29, 1.82) is 0 Å². The summed E-state index contributed by atoms with van der Waals surface area (Å²) >= 11 is 0. The second kappa shape index (κ2) is 6.95. The predicted molar refractivity (Wildman–Crippen MR) is 114 cm³/mol. The molecule has 0 saturated carbocycles. The fraction of sp³-hybridized carbons (Fsp3) is 0.0833. The molecule has 0 saturated heterocycles. The Morgan fingerprint density at radius 2 is 1.83 bits per heavy atom. The normalized spacial score (nSPS) is 12.0. The van der Waals surface area contributed by atoms with Crippen molar-refractivity contribution in [2.75, 3.05) is 7.11 Å². The standard InChI is InChI=1S/C24H19N3O2/c1-15-7-5-9-17(13-15)25-24-18(23-26-19-10-3-4-11-20(19)27-23)14-16-8-6-12-21(28-2)22(16)29-24/h3-14H,1-2H3,(H,26,27). The zero-order chi connectivity index (χ0) is 19.8. The van der Waals surface area contributed by atoms with Gasteiger partial charge in [0.25, 0.3) is 0 Å². The van der Waals surface area contributed by atoms with Gasteiger partial charge in [0.05, 0.1) is 29.4 Å². The molecule has 0 spiro atoms. The zero-order valence-corrected chi connectivity index (χ0v) is 16.1. The highest BCUT2D eigenvalue weighted by Crippen LogP contribution is 2.28. The quantitative estimate of drug-likeness (QED) is 0.447. The fourth-order valence-corrected chi connectivity index (χ4v) is 3.43. The first kappa shape index (κ1) is 17.3. The van der Waals surface area contributed by atoms with Gasteiger partial charge in [-0.2, -0.15) is 0 Å². The predicted octanol–water partition coefficient (Wildman–Crippen LogP) is 5.53. The monoisotopic (exact) mass is 381 g/mol. The largest absolute Gasteiger partial charge is 0.493 e. The van der Waals surface area contributed by atoms with Gasteiger partial charge in [0, 0.05) is 5.39 Å². The molecule has 0 aliphatic carbocycles. The van der Waals surface area contributed by atoms with Gasteiger partial charge in [0.1, 0.15) is 5.82 Å². The third-order valence-electron chi connectivity index (χ3n) is 4.84. The number of rotatable bonds is 3. The number of aromatic nitrogens is 2. The smallest absolute Gasteiger partial charge is 0.231 e. The summed E-state index contributed by atoms with van der Waals surface area (Å²) in [5.41, 5.74) is 5.75. The van der Waals surface area contributed by atoms with Gasteiger partial charge >= 0.3 is 0 Å². The van der Waals surface area contributed by atoms with Crippen LogP contribution < -0.4 is 10.3 Å². The van der Waals surface area contributed by atoms with E-state index in [0.717, 1.165) is 33.2 Å². The molecule has 5 aromatic rings. The summed E-state index contributed by atoms with van der Waals surface area (Å²) in [6.07, 6.45) is 0. The molecule has 1 N–H and O–H groups in total. The van der Waals surface area contributed by atoms with Crippen LogP contribution in [0.2, 0.25) is 0 Å². The van der Waals surface area contributed by atoms with E-state index in [1.54, 1.807) is 7.11 Å². The lowest BCUT2D eigenvalue weighted by atomic mass is 10.1.